The molecule has 8 nitrogen and oxygen atoms in total. The van der Waals surface area contributed by atoms with E-state index in [9.17, 15) is 0 Å². The predicted molar refractivity (Wildman–Crippen MR) is 125 cm³/mol. The molecule has 9 heteroatoms. The molecule has 1 atom stereocenters. The second-order valence-electron chi connectivity index (χ2n) is 7.27. The van der Waals surface area contributed by atoms with Gasteiger partial charge in [-0.2, -0.15) is 0 Å². The summed E-state index contributed by atoms with van der Waals surface area (Å²) in [5, 5.41) is 17.9. The van der Waals surface area contributed by atoms with E-state index in [1.807, 2.05) is 54.6 Å². The van der Waals surface area contributed by atoms with Gasteiger partial charge in [-0.05, 0) is 49.2 Å². The zero-order valence-corrected chi connectivity index (χ0v) is 17.8. The Labute approximate surface area is 185 Å². The van der Waals surface area contributed by atoms with Crippen LogP contribution in [0.2, 0.25) is 0 Å². The molecule has 1 aromatic heterocycles. The van der Waals surface area contributed by atoms with Crippen molar-refractivity contribution in [3.63, 3.8) is 0 Å². The van der Waals surface area contributed by atoms with Crippen molar-refractivity contribution in [2.45, 2.75) is 18.9 Å². The minimum Gasteiger partial charge on any atom is -0.457 e. The van der Waals surface area contributed by atoms with Gasteiger partial charge in [-0.1, -0.05) is 18.2 Å². The second kappa shape index (κ2) is 9.78. The highest BCUT2D eigenvalue weighted by atomic mass is 32.2. The predicted octanol–water partition coefficient (Wildman–Crippen LogP) is 3.67. The van der Waals surface area contributed by atoms with E-state index in [-0.39, 0.29) is 17.6 Å². The number of rotatable bonds is 7. The van der Waals surface area contributed by atoms with Crippen LogP contribution in [0.5, 0.6) is 11.5 Å². The van der Waals surface area contributed by atoms with Crippen molar-refractivity contribution in [3.8, 4) is 11.5 Å². The van der Waals surface area contributed by atoms with Crippen LogP contribution in [0.15, 0.2) is 60.9 Å². The van der Waals surface area contributed by atoms with Gasteiger partial charge in [0.15, 0.2) is 0 Å². The molecule has 0 bridgehead atoms. The first kappa shape index (κ1) is 21.1. The number of aromatic nitrogens is 2. The number of para-hydroxylation sites is 1. The zero-order chi connectivity index (χ0) is 21.6. The summed E-state index contributed by atoms with van der Waals surface area (Å²) in [7, 11) is 0. The average Bonchev–Trinajstić information content (AvgIpc) is 2.80. The van der Waals surface area contributed by atoms with E-state index in [0.29, 0.717) is 22.7 Å². The lowest BCUT2D eigenvalue weighted by Crippen LogP contribution is -2.39. The third kappa shape index (κ3) is 5.13. The fourth-order valence-electron chi connectivity index (χ4n) is 3.56. The van der Waals surface area contributed by atoms with E-state index in [1.54, 1.807) is 0 Å². The van der Waals surface area contributed by atoms with Gasteiger partial charge < -0.3 is 15.8 Å². The van der Waals surface area contributed by atoms with Gasteiger partial charge in [-0.25, -0.2) is 14.3 Å². The summed E-state index contributed by atoms with van der Waals surface area (Å²) < 4.78 is 7.95. The van der Waals surface area contributed by atoms with Crippen LogP contribution in [0.3, 0.4) is 0 Å². The zero-order valence-electron chi connectivity index (χ0n) is 17.0. The highest BCUT2D eigenvalue weighted by Gasteiger charge is 2.23. The van der Waals surface area contributed by atoms with Crippen LogP contribution in [-0.2, 0) is 0 Å². The van der Waals surface area contributed by atoms with Crippen molar-refractivity contribution in [2.75, 3.05) is 24.1 Å². The summed E-state index contributed by atoms with van der Waals surface area (Å²) in [4.78, 5) is 8.49. The number of nitrogens with one attached hydrogen (secondary N) is 2. The Hall–Kier alpha value is -3.14. The van der Waals surface area contributed by atoms with Gasteiger partial charge in [0.25, 0.3) is 0 Å². The first-order chi connectivity index (χ1) is 15.1. The molecule has 160 valence electrons. The smallest absolute Gasteiger partial charge is 0.141 e. The molecule has 0 saturated carbocycles. The van der Waals surface area contributed by atoms with Gasteiger partial charge in [0.1, 0.15) is 29.5 Å². The molecule has 0 spiro atoms. The van der Waals surface area contributed by atoms with Crippen molar-refractivity contribution in [1.29, 1.82) is 5.41 Å². The second-order valence-corrected chi connectivity index (χ2v) is 8.00. The fraction of sp³-hybridized carbons (Fsp3) is 0.227. The summed E-state index contributed by atoms with van der Waals surface area (Å²) >= 11 is 1.25. The maximum Gasteiger partial charge on any atom is 0.141 e. The van der Waals surface area contributed by atoms with E-state index in [0.717, 1.165) is 31.7 Å². The quantitative estimate of drug-likeness (QED) is 0.327. The number of nitrogens with two attached hydrogens (primary N) is 2. The lowest BCUT2D eigenvalue weighted by atomic mass is 10.0. The summed E-state index contributed by atoms with van der Waals surface area (Å²) in [6.07, 6.45) is 3.46. The van der Waals surface area contributed by atoms with Crippen molar-refractivity contribution < 1.29 is 4.74 Å². The van der Waals surface area contributed by atoms with E-state index >= 15 is 0 Å². The molecule has 6 N–H and O–H groups in total. The van der Waals surface area contributed by atoms with Crippen LogP contribution in [-0.4, -0.2) is 39.1 Å². The molecule has 1 unspecified atom stereocenters. The number of piperidine rings is 1. The number of ether oxygens (including phenoxy) is 1. The van der Waals surface area contributed by atoms with Crippen LogP contribution in [0.25, 0.3) is 0 Å². The van der Waals surface area contributed by atoms with E-state index in [4.69, 9.17) is 21.0 Å². The third-order valence-electron chi connectivity index (χ3n) is 5.12. The fourth-order valence-corrected chi connectivity index (χ4v) is 4.06. The molecular formula is C22H25N7OS. The Morgan fingerprint density at radius 3 is 2.58 bits per heavy atom. The molecule has 1 aliphatic heterocycles. The molecule has 2 aromatic carbocycles. The molecule has 1 saturated heterocycles. The van der Waals surface area contributed by atoms with Gasteiger partial charge in [0, 0.05) is 36.8 Å². The van der Waals surface area contributed by atoms with Gasteiger partial charge in [-0.3, -0.25) is 10.5 Å². The highest BCUT2D eigenvalue weighted by molar-refractivity contribution is 7.94. The molecule has 4 rings (SSSR count). The number of hydrogen-bond acceptors (Lipinski definition) is 9. The molecule has 2 heterocycles. The van der Waals surface area contributed by atoms with Crippen molar-refractivity contribution >= 4 is 29.5 Å². The Balaban J connectivity index is 1.53. The molecule has 1 aliphatic rings. The molecule has 3 aromatic rings. The van der Waals surface area contributed by atoms with Crippen LogP contribution in [0, 0.1) is 5.41 Å². The Morgan fingerprint density at radius 2 is 1.84 bits per heavy atom. The van der Waals surface area contributed by atoms with Crippen LogP contribution in [0.1, 0.15) is 24.0 Å². The maximum absolute atomic E-state index is 8.76. The van der Waals surface area contributed by atoms with Gasteiger partial charge >= 0.3 is 0 Å². The molecule has 0 radical (unpaired) electrons. The SMILES string of the molecule is N=C(c1ccc(Oc2ccccc2)cc1)c1c(N)ncnc1NC1CCCN(SN)C1. The number of benzene rings is 2. The maximum atomic E-state index is 8.76. The van der Waals surface area contributed by atoms with E-state index in [2.05, 4.69) is 19.6 Å². The number of anilines is 2. The molecular weight excluding hydrogens is 410 g/mol. The third-order valence-corrected chi connectivity index (χ3v) is 5.75. The van der Waals surface area contributed by atoms with Crippen molar-refractivity contribution in [3.05, 3.63) is 72.1 Å². The summed E-state index contributed by atoms with van der Waals surface area (Å²) in [6.45, 7) is 1.76. The Bertz CT molecular complexity index is 1030. The average molecular weight is 436 g/mol. The summed E-state index contributed by atoms with van der Waals surface area (Å²) in [5.41, 5.74) is 7.61. The first-order valence-corrected chi connectivity index (χ1v) is 10.9. The number of hydrogen-bond donors (Lipinski definition) is 4. The minimum absolute atomic E-state index is 0.173. The van der Waals surface area contributed by atoms with Gasteiger partial charge in [0.05, 0.1) is 11.3 Å². The minimum atomic E-state index is 0.173. The van der Waals surface area contributed by atoms with Gasteiger partial charge in [0.2, 0.25) is 0 Å². The normalized spacial score (nSPS) is 16.6. The Kier molecular flexibility index (Phi) is 6.66. The molecule has 31 heavy (non-hydrogen) atoms. The largest absolute Gasteiger partial charge is 0.457 e. The van der Waals surface area contributed by atoms with Crippen LogP contribution < -0.4 is 20.9 Å². The monoisotopic (exact) mass is 435 g/mol. The first-order valence-electron chi connectivity index (χ1n) is 10.0. The number of nitrogens with zero attached hydrogens (tertiary/aromatic N) is 3. The summed E-state index contributed by atoms with van der Waals surface area (Å²) in [5.74, 6) is 2.29. The van der Waals surface area contributed by atoms with Crippen LogP contribution >= 0.6 is 12.1 Å². The summed E-state index contributed by atoms with van der Waals surface area (Å²) in [6, 6.07) is 17.1. The topological polar surface area (TPSA) is 126 Å². The van der Waals surface area contributed by atoms with Gasteiger partial charge in [-0.15, -0.1) is 0 Å². The number of nitrogen functional groups attached to an aromatic ring is 1. The molecule has 0 aliphatic carbocycles. The highest BCUT2D eigenvalue weighted by Crippen LogP contribution is 2.26. The van der Waals surface area contributed by atoms with E-state index < -0.39 is 0 Å². The van der Waals surface area contributed by atoms with Crippen LogP contribution in [0.4, 0.5) is 11.6 Å². The standard InChI is InChI=1S/C22H25N7OS/c23-20(15-8-10-18(11-9-15)30-17-6-2-1-3-7-17)19-21(24)26-14-27-22(19)28-16-5-4-12-29(13-16)31-25/h1-3,6-11,14,16,23H,4-5,12-13,25H2,(H3,24,26,27,28). The molecule has 0 amide bonds. The van der Waals surface area contributed by atoms with E-state index in [1.165, 1.54) is 18.5 Å². The van der Waals surface area contributed by atoms with Crippen molar-refractivity contribution in [2.24, 2.45) is 5.14 Å². The lowest BCUT2D eigenvalue weighted by molar-refractivity contribution is 0.355. The Morgan fingerprint density at radius 1 is 1.10 bits per heavy atom. The molecule has 1 fully saturated rings. The van der Waals surface area contributed by atoms with Crippen molar-refractivity contribution in [1.82, 2.24) is 14.3 Å². The lowest BCUT2D eigenvalue weighted by Gasteiger charge is -2.31.